The van der Waals surface area contributed by atoms with Gasteiger partial charge in [-0.05, 0) is 31.0 Å². The normalized spacial score (nSPS) is 12.9. The van der Waals surface area contributed by atoms with Crippen molar-refractivity contribution in [3.05, 3.63) is 17.7 Å². The van der Waals surface area contributed by atoms with Crippen LogP contribution in [0.3, 0.4) is 0 Å². The molecule has 108 valence electrons. The molecule has 20 heavy (non-hydrogen) atoms. The standard InChI is InChI=1S/C15H19NO4/c1-15(10-16,6-5-7-17)11-8-12(18-2)14(20-4)13(9-11)19-3/h7-9H,5-6H2,1-4H3. The highest BCUT2D eigenvalue weighted by atomic mass is 16.5. The maximum absolute atomic E-state index is 10.6. The summed E-state index contributed by atoms with van der Waals surface area (Å²) in [5, 5.41) is 9.44. The molecule has 0 aliphatic heterocycles. The van der Waals surface area contributed by atoms with Crippen LogP contribution in [0, 0.1) is 11.3 Å². The summed E-state index contributed by atoms with van der Waals surface area (Å²) in [6, 6.07) is 5.75. The number of ether oxygens (including phenoxy) is 3. The van der Waals surface area contributed by atoms with Gasteiger partial charge in [0.25, 0.3) is 0 Å². The van der Waals surface area contributed by atoms with Gasteiger partial charge in [0.2, 0.25) is 5.75 Å². The summed E-state index contributed by atoms with van der Waals surface area (Å²) >= 11 is 0. The van der Waals surface area contributed by atoms with Crippen LogP contribution in [0.1, 0.15) is 25.3 Å². The molecule has 0 N–H and O–H groups in total. The van der Waals surface area contributed by atoms with Gasteiger partial charge in [0.15, 0.2) is 11.5 Å². The summed E-state index contributed by atoms with van der Waals surface area (Å²) in [5.41, 5.74) is -0.0513. The number of rotatable bonds is 7. The fourth-order valence-electron chi connectivity index (χ4n) is 2.01. The maximum Gasteiger partial charge on any atom is 0.203 e. The Hall–Kier alpha value is -2.22. The monoisotopic (exact) mass is 277 g/mol. The largest absolute Gasteiger partial charge is 0.493 e. The first kappa shape index (κ1) is 15.8. The van der Waals surface area contributed by atoms with Crippen LogP contribution in [0.25, 0.3) is 0 Å². The Labute approximate surface area is 119 Å². The lowest BCUT2D eigenvalue weighted by Crippen LogP contribution is -2.20. The minimum atomic E-state index is -0.784. The summed E-state index contributed by atoms with van der Waals surface area (Å²) in [6.45, 7) is 1.79. The molecule has 0 aromatic heterocycles. The van der Waals surface area contributed by atoms with E-state index < -0.39 is 5.41 Å². The van der Waals surface area contributed by atoms with Crippen molar-refractivity contribution in [3.8, 4) is 23.3 Å². The molecular formula is C15H19NO4. The minimum Gasteiger partial charge on any atom is -0.493 e. The van der Waals surface area contributed by atoms with E-state index in [0.717, 1.165) is 11.8 Å². The highest BCUT2D eigenvalue weighted by Crippen LogP contribution is 2.42. The number of aldehydes is 1. The summed E-state index contributed by atoms with van der Waals surface area (Å²) in [4.78, 5) is 10.6. The number of methoxy groups -OCH3 is 3. The van der Waals surface area contributed by atoms with E-state index in [4.69, 9.17) is 14.2 Å². The van der Waals surface area contributed by atoms with Crippen molar-refractivity contribution in [2.45, 2.75) is 25.2 Å². The number of nitrogens with zero attached hydrogens (tertiary/aromatic N) is 1. The van der Waals surface area contributed by atoms with Crippen molar-refractivity contribution in [3.63, 3.8) is 0 Å². The highest BCUT2D eigenvalue weighted by Gasteiger charge is 2.29. The van der Waals surface area contributed by atoms with E-state index in [9.17, 15) is 10.1 Å². The zero-order chi connectivity index (χ0) is 15.2. The SMILES string of the molecule is COc1cc(C(C)(C#N)CCC=O)cc(OC)c1OC. The quantitative estimate of drug-likeness (QED) is 0.716. The topological polar surface area (TPSA) is 68.5 Å². The van der Waals surface area contributed by atoms with Crippen LogP contribution in [0.15, 0.2) is 12.1 Å². The van der Waals surface area contributed by atoms with E-state index in [1.165, 1.54) is 21.3 Å². The number of carbonyl (C=O) groups excluding carboxylic acids is 1. The van der Waals surface area contributed by atoms with Crippen molar-refractivity contribution in [2.75, 3.05) is 21.3 Å². The predicted octanol–water partition coefficient (Wildman–Crippen LogP) is 2.47. The summed E-state index contributed by atoms with van der Waals surface area (Å²) in [7, 11) is 4.57. The molecule has 0 saturated carbocycles. The Morgan fingerprint density at radius 1 is 1.20 bits per heavy atom. The number of benzene rings is 1. The van der Waals surface area contributed by atoms with Crippen LogP contribution in [-0.4, -0.2) is 27.6 Å². The number of hydrogen-bond donors (Lipinski definition) is 0. The smallest absolute Gasteiger partial charge is 0.203 e. The van der Waals surface area contributed by atoms with Gasteiger partial charge in [-0.2, -0.15) is 5.26 Å². The van der Waals surface area contributed by atoms with Crippen LogP contribution >= 0.6 is 0 Å². The predicted molar refractivity (Wildman–Crippen MR) is 74.4 cm³/mol. The highest BCUT2D eigenvalue weighted by molar-refractivity contribution is 5.57. The molecule has 1 aromatic rings. The zero-order valence-corrected chi connectivity index (χ0v) is 12.2. The molecule has 0 fully saturated rings. The molecule has 0 aliphatic rings. The third kappa shape index (κ3) is 3.02. The second-order valence-electron chi connectivity index (χ2n) is 4.56. The molecular weight excluding hydrogens is 258 g/mol. The average Bonchev–Trinajstić information content (AvgIpc) is 2.50. The molecule has 0 aliphatic carbocycles. The van der Waals surface area contributed by atoms with Crippen molar-refractivity contribution in [1.82, 2.24) is 0 Å². The van der Waals surface area contributed by atoms with Crippen molar-refractivity contribution < 1.29 is 19.0 Å². The molecule has 0 bridgehead atoms. The van der Waals surface area contributed by atoms with Gasteiger partial charge in [-0.15, -0.1) is 0 Å². The van der Waals surface area contributed by atoms with E-state index >= 15 is 0 Å². The molecule has 1 unspecified atom stereocenters. The number of hydrogen-bond acceptors (Lipinski definition) is 5. The molecule has 0 radical (unpaired) electrons. The van der Waals surface area contributed by atoms with E-state index in [1.54, 1.807) is 19.1 Å². The lowest BCUT2D eigenvalue weighted by atomic mass is 9.80. The van der Waals surface area contributed by atoms with Crippen LogP contribution < -0.4 is 14.2 Å². The lowest BCUT2D eigenvalue weighted by Gasteiger charge is -2.23. The molecule has 5 heteroatoms. The van der Waals surface area contributed by atoms with Gasteiger partial charge >= 0.3 is 0 Å². The van der Waals surface area contributed by atoms with Crippen LogP contribution in [-0.2, 0) is 10.2 Å². The Morgan fingerprint density at radius 2 is 1.75 bits per heavy atom. The van der Waals surface area contributed by atoms with Gasteiger partial charge < -0.3 is 19.0 Å². The van der Waals surface area contributed by atoms with E-state index in [-0.39, 0.29) is 0 Å². The van der Waals surface area contributed by atoms with Crippen LogP contribution in [0.5, 0.6) is 17.2 Å². The molecule has 0 heterocycles. The van der Waals surface area contributed by atoms with Gasteiger partial charge in [0, 0.05) is 6.42 Å². The first-order valence-electron chi connectivity index (χ1n) is 6.21. The van der Waals surface area contributed by atoms with Crippen molar-refractivity contribution in [2.24, 2.45) is 0 Å². The Balaban J connectivity index is 3.37. The first-order chi connectivity index (χ1) is 9.56. The van der Waals surface area contributed by atoms with Crippen LogP contribution in [0.4, 0.5) is 0 Å². The third-order valence-electron chi connectivity index (χ3n) is 3.31. The summed E-state index contributed by atoms with van der Waals surface area (Å²) in [6.07, 6.45) is 1.57. The first-order valence-corrected chi connectivity index (χ1v) is 6.21. The Morgan fingerprint density at radius 3 is 2.10 bits per heavy atom. The van der Waals surface area contributed by atoms with Crippen LogP contribution in [0.2, 0.25) is 0 Å². The van der Waals surface area contributed by atoms with Gasteiger partial charge in [-0.1, -0.05) is 0 Å². The van der Waals surface area contributed by atoms with Gasteiger partial charge in [-0.25, -0.2) is 0 Å². The maximum atomic E-state index is 10.6. The fourth-order valence-corrected chi connectivity index (χ4v) is 2.01. The second-order valence-corrected chi connectivity index (χ2v) is 4.56. The third-order valence-corrected chi connectivity index (χ3v) is 3.31. The lowest BCUT2D eigenvalue weighted by molar-refractivity contribution is -0.108. The van der Waals surface area contributed by atoms with Gasteiger partial charge in [-0.3, -0.25) is 0 Å². The Bertz CT molecular complexity index is 496. The molecule has 0 amide bonds. The van der Waals surface area contributed by atoms with E-state index in [1.807, 2.05) is 0 Å². The Kier molecular flexibility index (Phi) is 5.39. The molecule has 1 atom stereocenters. The van der Waals surface area contributed by atoms with E-state index in [0.29, 0.717) is 30.1 Å². The molecule has 0 spiro atoms. The number of carbonyl (C=O) groups is 1. The van der Waals surface area contributed by atoms with Crippen molar-refractivity contribution in [1.29, 1.82) is 5.26 Å². The van der Waals surface area contributed by atoms with E-state index in [2.05, 4.69) is 6.07 Å². The molecule has 1 rings (SSSR count). The van der Waals surface area contributed by atoms with Gasteiger partial charge in [0.05, 0.1) is 32.8 Å². The second kappa shape index (κ2) is 6.80. The van der Waals surface area contributed by atoms with Gasteiger partial charge in [0.1, 0.15) is 6.29 Å². The molecule has 5 nitrogen and oxygen atoms in total. The summed E-state index contributed by atoms with van der Waals surface area (Å²) in [5.74, 6) is 1.47. The molecule has 0 saturated heterocycles. The fraction of sp³-hybridized carbons (Fsp3) is 0.467. The minimum absolute atomic E-state index is 0.320. The number of nitriles is 1. The average molecular weight is 277 g/mol. The molecule has 1 aromatic carbocycles. The zero-order valence-electron chi connectivity index (χ0n) is 12.2. The van der Waals surface area contributed by atoms with Crippen molar-refractivity contribution >= 4 is 6.29 Å². The summed E-state index contributed by atoms with van der Waals surface area (Å²) < 4.78 is 15.8.